The average Bonchev–Trinajstić information content (AvgIpc) is 2.87. The van der Waals surface area contributed by atoms with E-state index in [4.69, 9.17) is 5.73 Å². The molecule has 0 aromatic carbocycles. The Bertz CT molecular complexity index is 342. The zero-order chi connectivity index (χ0) is 10.7. The number of rotatable bonds is 3. The average molecular weight is 209 g/mol. The molecule has 2 heterocycles. The molecule has 0 bridgehead atoms. The second kappa shape index (κ2) is 4.39. The summed E-state index contributed by atoms with van der Waals surface area (Å²) in [6.45, 7) is 2.37. The van der Waals surface area contributed by atoms with Crippen molar-refractivity contribution in [2.45, 2.75) is 25.9 Å². The Kier molecular flexibility index (Phi) is 2.96. The summed E-state index contributed by atoms with van der Waals surface area (Å²) in [4.78, 5) is 13.6. The van der Waals surface area contributed by atoms with Gasteiger partial charge in [0.25, 0.3) is 0 Å². The van der Waals surface area contributed by atoms with Gasteiger partial charge in [0.15, 0.2) is 0 Å². The number of nitrogens with two attached hydrogens (primary N) is 1. The molecular weight excluding hydrogens is 194 g/mol. The predicted octanol–water partition coefficient (Wildman–Crippen LogP) is -0.641. The van der Waals surface area contributed by atoms with Crippen LogP contribution in [0.1, 0.15) is 18.5 Å². The fraction of sp³-hybridized carbons (Fsp3) is 0.667. The van der Waals surface area contributed by atoms with Crippen LogP contribution in [0.3, 0.4) is 0 Å². The van der Waals surface area contributed by atoms with Crippen LogP contribution in [0.5, 0.6) is 0 Å². The third-order valence-electron chi connectivity index (χ3n) is 2.55. The molecule has 1 aromatic rings. The molecule has 0 unspecified atom stereocenters. The van der Waals surface area contributed by atoms with Crippen LogP contribution in [0.4, 0.5) is 0 Å². The summed E-state index contributed by atoms with van der Waals surface area (Å²) in [7, 11) is 0. The van der Waals surface area contributed by atoms with Gasteiger partial charge in [0.1, 0.15) is 6.54 Å². The molecule has 2 rings (SSSR count). The molecule has 6 nitrogen and oxygen atoms in total. The maximum atomic E-state index is 11.7. The Morgan fingerprint density at radius 2 is 2.20 bits per heavy atom. The van der Waals surface area contributed by atoms with E-state index >= 15 is 0 Å². The monoisotopic (exact) mass is 209 g/mol. The van der Waals surface area contributed by atoms with Crippen molar-refractivity contribution in [3.8, 4) is 0 Å². The van der Waals surface area contributed by atoms with Crippen molar-refractivity contribution in [2.24, 2.45) is 5.73 Å². The first-order chi connectivity index (χ1) is 7.29. The van der Waals surface area contributed by atoms with E-state index in [0.29, 0.717) is 12.2 Å². The number of carbonyl (C=O) groups is 1. The SMILES string of the molecule is NCc1cn(CC(=O)N2CCCC2)nn1. The topological polar surface area (TPSA) is 77.0 Å². The molecule has 1 aromatic heterocycles. The largest absolute Gasteiger partial charge is 0.341 e. The van der Waals surface area contributed by atoms with Gasteiger partial charge in [0.05, 0.1) is 11.9 Å². The summed E-state index contributed by atoms with van der Waals surface area (Å²) >= 11 is 0. The van der Waals surface area contributed by atoms with Crippen molar-refractivity contribution in [1.82, 2.24) is 19.9 Å². The number of carbonyl (C=O) groups excluding carboxylic acids is 1. The van der Waals surface area contributed by atoms with Gasteiger partial charge in [-0.25, -0.2) is 4.68 Å². The lowest BCUT2D eigenvalue weighted by Crippen LogP contribution is -2.31. The van der Waals surface area contributed by atoms with Crippen LogP contribution >= 0.6 is 0 Å². The lowest BCUT2D eigenvalue weighted by atomic mass is 10.4. The maximum absolute atomic E-state index is 11.7. The molecule has 6 heteroatoms. The highest BCUT2D eigenvalue weighted by atomic mass is 16.2. The summed E-state index contributed by atoms with van der Waals surface area (Å²) in [6, 6.07) is 0. The zero-order valence-electron chi connectivity index (χ0n) is 8.59. The van der Waals surface area contributed by atoms with Crippen LogP contribution in [0.25, 0.3) is 0 Å². The van der Waals surface area contributed by atoms with Gasteiger partial charge < -0.3 is 10.6 Å². The Labute approximate surface area is 88.0 Å². The van der Waals surface area contributed by atoms with Crippen molar-refractivity contribution < 1.29 is 4.79 Å². The molecule has 0 spiro atoms. The maximum Gasteiger partial charge on any atom is 0.244 e. The number of aromatic nitrogens is 3. The third kappa shape index (κ3) is 2.33. The van der Waals surface area contributed by atoms with Crippen LogP contribution in [0.15, 0.2) is 6.20 Å². The van der Waals surface area contributed by atoms with Gasteiger partial charge in [-0.05, 0) is 12.8 Å². The number of likely N-dealkylation sites (tertiary alicyclic amines) is 1. The van der Waals surface area contributed by atoms with Crippen LogP contribution < -0.4 is 5.73 Å². The molecule has 1 aliphatic heterocycles. The van der Waals surface area contributed by atoms with E-state index in [0.717, 1.165) is 25.9 Å². The van der Waals surface area contributed by atoms with E-state index in [1.165, 1.54) is 0 Å². The van der Waals surface area contributed by atoms with Crippen molar-refractivity contribution in [1.29, 1.82) is 0 Å². The molecule has 1 saturated heterocycles. The molecule has 0 radical (unpaired) electrons. The molecule has 82 valence electrons. The molecular formula is C9H15N5O. The van der Waals surface area contributed by atoms with Gasteiger partial charge in [0.2, 0.25) is 5.91 Å². The highest BCUT2D eigenvalue weighted by molar-refractivity contribution is 5.76. The van der Waals surface area contributed by atoms with Crippen molar-refractivity contribution in [3.05, 3.63) is 11.9 Å². The summed E-state index contributed by atoms with van der Waals surface area (Å²) < 4.78 is 1.54. The van der Waals surface area contributed by atoms with E-state index in [9.17, 15) is 4.79 Å². The smallest absolute Gasteiger partial charge is 0.244 e. The first-order valence-electron chi connectivity index (χ1n) is 5.16. The predicted molar refractivity (Wildman–Crippen MR) is 53.7 cm³/mol. The highest BCUT2D eigenvalue weighted by Gasteiger charge is 2.18. The Morgan fingerprint density at radius 3 is 2.80 bits per heavy atom. The number of nitrogens with zero attached hydrogens (tertiary/aromatic N) is 4. The van der Waals surface area contributed by atoms with E-state index < -0.39 is 0 Å². The van der Waals surface area contributed by atoms with Gasteiger partial charge >= 0.3 is 0 Å². The molecule has 0 aliphatic carbocycles. The third-order valence-corrected chi connectivity index (χ3v) is 2.55. The van der Waals surface area contributed by atoms with Gasteiger partial charge in [-0.2, -0.15) is 0 Å². The lowest BCUT2D eigenvalue weighted by molar-refractivity contribution is -0.130. The lowest BCUT2D eigenvalue weighted by Gasteiger charge is -2.14. The second-order valence-electron chi connectivity index (χ2n) is 3.70. The quantitative estimate of drug-likeness (QED) is 0.718. The number of hydrogen-bond acceptors (Lipinski definition) is 4. The van der Waals surface area contributed by atoms with E-state index in [-0.39, 0.29) is 12.5 Å². The molecule has 2 N–H and O–H groups in total. The Hall–Kier alpha value is -1.43. The summed E-state index contributed by atoms with van der Waals surface area (Å²) in [5.41, 5.74) is 6.12. The van der Waals surface area contributed by atoms with Gasteiger partial charge in [-0.15, -0.1) is 5.10 Å². The molecule has 0 saturated carbocycles. The van der Waals surface area contributed by atoms with Crippen LogP contribution in [-0.2, 0) is 17.9 Å². The van der Waals surface area contributed by atoms with Gasteiger partial charge in [0, 0.05) is 19.6 Å². The fourth-order valence-corrected chi connectivity index (χ4v) is 1.71. The number of hydrogen-bond donors (Lipinski definition) is 1. The zero-order valence-corrected chi connectivity index (χ0v) is 8.59. The van der Waals surface area contributed by atoms with Crippen LogP contribution in [-0.4, -0.2) is 38.9 Å². The minimum atomic E-state index is 0.112. The standard InChI is InChI=1S/C9H15N5O/c10-5-8-6-14(12-11-8)7-9(15)13-3-1-2-4-13/h6H,1-5,7,10H2. The first-order valence-corrected chi connectivity index (χ1v) is 5.16. The van der Waals surface area contributed by atoms with Crippen LogP contribution in [0, 0.1) is 0 Å². The molecule has 1 aliphatic rings. The minimum Gasteiger partial charge on any atom is -0.341 e. The summed E-state index contributed by atoms with van der Waals surface area (Å²) in [6.07, 6.45) is 3.93. The molecule has 1 amide bonds. The highest BCUT2D eigenvalue weighted by Crippen LogP contribution is 2.08. The van der Waals surface area contributed by atoms with E-state index in [2.05, 4.69) is 10.3 Å². The van der Waals surface area contributed by atoms with Crippen molar-refractivity contribution in [3.63, 3.8) is 0 Å². The second-order valence-corrected chi connectivity index (χ2v) is 3.70. The first kappa shape index (κ1) is 10.1. The normalized spacial score (nSPS) is 15.9. The van der Waals surface area contributed by atoms with Gasteiger partial charge in [-0.1, -0.05) is 5.21 Å². The Balaban J connectivity index is 1.92. The molecule has 0 atom stereocenters. The molecule has 15 heavy (non-hydrogen) atoms. The summed E-state index contributed by atoms with van der Waals surface area (Å²) in [5.74, 6) is 0.112. The fourth-order valence-electron chi connectivity index (χ4n) is 1.71. The van der Waals surface area contributed by atoms with Crippen molar-refractivity contribution in [2.75, 3.05) is 13.1 Å². The Morgan fingerprint density at radius 1 is 1.47 bits per heavy atom. The molecule has 1 fully saturated rings. The van der Waals surface area contributed by atoms with Crippen LogP contribution in [0.2, 0.25) is 0 Å². The van der Waals surface area contributed by atoms with Crippen molar-refractivity contribution >= 4 is 5.91 Å². The van der Waals surface area contributed by atoms with E-state index in [1.807, 2.05) is 4.90 Å². The summed E-state index contributed by atoms with van der Waals surface area (Å²) in [5, 5.41) is 7.67. The van der Waals surface area contributed by atoms with E-state index in [1.54, 1.807) is 10.9 Å². The van der Waals surface area contributed by atoms with Gasteiger partial charge in [-0.3, -0.25) is 4.79 Å². The minimum absolute atomic E-state index is 0.112. The number of amides is 1.